The van der Waals surface area contributed by atoms with Gasteiger partial charge in [-0.25, -0.2) is 0 Å². The first-order valence-electron chi connectivity index (χ1n) is 6.68. The summed E-state index contributed by atoms with van der Waals surface area (Å²) in [4.78, 5) is 16.9. The van der Waals surface area contributed by atoms with Gasteiger partial charge in [0.1, 0.15) is 5.82 Å². The number of nitrogen functional groups attached to an aromatic ring is 1. The minimum absolute atomic E-state index is 0.283. The van der Waals surface area contributed by atoms with Crippen LogP contribution in [0.3, 0.4) is 0 Å². The van der Waals surface area contributed by atoms with E-state index in [1.165, 1.54) is 0 Å². The molecule has 4 N–H and O–H groups in total. The number of hydrogen-bond acceptors (Lipinski definition) is 7. The molecule has 2 rings (SSSR count). The predicted molar refractivity (Wildman–Crippen MR) is 75.6 cm³/mol. The second kappa shape index (κ2) is 6.12. The fraction of sp³-hybridized carbons (Fsp3) is 0.750. The molecule has 1 aliphatic rings. The Morgan fingerprint density at radius 3 is 2.47 bits per heavy atom. The summed E-state index contributed by atoms with van der Waals surface area (Å²) in [7, 11) is 3.79. The van der Waals surface area contributed by atoms with Crippen molar-refractivity contribution in [3.8, 4) is 0 Å². The second-order valence-corrected chi connectivity index (χ2v) is 5.26. The smallest absolute Gasteiger partial charge is 0.229 e. The molecular weight excluding hydrogens is 242 g/mol. The lowest BCUT2D eigenvalue weighted by Gasteiger charge is -2.30. The van der Waals surface area contributed by atoms with Crippen LogP contribution in [0.25, 0.3) is 0 Å². The van der Waals surface area contributed by atoms with Gasteiger partial charge in [0.2, 0.25) is 11.9 Å². The van der Waals surface area contributed by atoms with Gasteiger partial charge in [0.25, 0.3) is 0 Å². The molecule has 1 aromatic heterocycles. The van der Waals surface area contributed by atoms with Gasteiger partial charge in [-0.05, 0) is 38.4 Å². The van der Waals surface area contributed by atoms with Crippen LogP contribution in [0.4, 0.5) is 11.9 Å². The van der Waals surface area contributed by atoms with E-state index in [2.05, 4.69) is 19.9 Å². The number of piperidine rings is 1. The van der Waals surface area contributed by atoms with Gasteiger partial charge < -0.3 is 16.4 Å². The molecule has 1 fully saturated rings. The van der Waals surface area contributed by atoms with Crippen LogP contribution < -0.4 is 16.4 Å². The van der Waals surface area contributed by atoms with Crippen molar-refractivity contribution in [1.29, 1.82) is 0 Å². The fourth-order valence-corrected chi connectivity index (χ4v) is 2.28. The van der Waals surface area contributed by atoms with Crippen molar-refractivity contribution >= 4 is 11.9 Å². The van der Waals surface area contributed by atoms with Gasteiger partial charge in [0.15, 0.2) is 0 Å². The van der Waals surface area contributed by atoms with Crippen molar-refractivity contribution in [1.82, 2.24) is 19.9 Å². The summed E-state index contributed by atoms with van der Waals surface area (Å²) in [5.41, 5.74) is 11.4. The van der Waals surface area contributed by atoms with E-state index in [-0.39, 0.29) is 5.95 Å². The van der Waals surface area contributed by atoms with Crippen LogP contribution >= 0.6 is 0 Å². The van der Waals surface area contributed by atoms with Crippen molar-refractivity contribution < 1.29 is 0 Å². The molecule has 1 aliphatic heterocycles. The van der Waals surface area contributed by atoms with Gasteiger partial charge in [-0.3, -0.25) is 4.90 Å². The summed E-state index contributed by atoms with van der Waals surface area (Å²) in [6, 6.07) is 0. The van der Waals surface area contributed by atoms with E-state index in [1.807, 2.05) is 19.0 Å². The highest BCUT2D eigenvalue weighted by molar-refractivity contribution is 5.32. The summed E-state index contributed by atoms with van der Waals surface area (Å²) in [5.74, 6) is 2.30. The van der Waals surface area contributed by atoms with Crippen molar-refractivity contribution in [3.05, 3.63) is 5.82 Å². The summed E-state index contributed by atoms with van der Waals surface area (Å²) in [5, 5.41) is 0. The van der Waals surface area contributed by atoms with Crippen LogP contribution in [0.1, 0.15) is 18.7 Å². The Hall–Kier alpha value is -1.47. The Morgan fingerprint density at radius 1 is 1.21 bits per heavy atom. The lowest BCUT2D eigenvalue weighted by molar-refractivity contribution is 0.177. The lowest BCUT2D eigenvalue weighted by atomic mass is 9.97. The Balaban J connectivity index is 1.99. The van der Waals surface area contributed by atoms with Crippen molar-refractivity contribution in [2.24, 2.45) is 11.7 Å². The number of aromatic nitrogens is 3. The molecule has 0 amide bonds. The molecule has 2 heterocycles. The van der Waals surface area contributed by atoms with E-state index in [4.69, 9.17) is 11.5 Å². The van der Waals surface area contributed by atoms with Crippen molar-refractivity contribution in [2.75, 3.05) is 44.4 Å². The molecule has 19 heavy (non-hydrogen) atoms. The van der Waals surface area contributed by atoms with Crippen LogP contribution in [0.15, 0.2) is 0 Å². The highest BCUT2D eigenvalue weighted by Gasteiger charge is 2.19. The fourth-order valence-electron chi connectivity index (χ4n) is 2.28. The van der Waals surface area contributed by atoms with E-state index < -0.39 is 0 Å². The SMILES string of the molecule is CN(C)c1nc(N)nc(CN2CCC(CN)CC2)n1. The van der Waals surface area contributed by atoms with Gasteiger partial charge in [0.05, 0.1) is 6.54 Å². The topological polar surface area (TPSA) is 97.2 Å². The number of nitrogens with two attached hydrogens (primary N) is 2. The molecule has 0 atom stereocenters. The summed E-state index contributed by atoms with van der Waals surface area (Å²) >= 11 is 0. The van der Waals surface area contributed by atoms with Crippen LogP contribution in [-0.2, 0) is 6.54 Å². The zero-order chi connectivity index (χ0) is 13.8. The normalized spacial score (nSPS) is 17.6. The highest BCUT2D eigenvalue weighted by atomic mass is 15.3. The largest absolute Gasteiger partial charge is 0.368 e. The minimum Gasteiger partial charge on any atom is -0.368 e. The van der Waals surface area contributed by atoms with E-state index in [0.29, 0.717) is 11.9 Å². The van der Waals surface area contributed by atoms with Gasteiger partial charge in [-0.1, -0.05) is 0 Å². The van der Waals surface area contributed by atoms with E-state index in [0.717, 1.165) is 44.8 Å². The summed E-state index contributed by atoms with van der Waals surface area (Å²) < 4.78 is 0. The maximum atomic E-state index is 5.72. The zero-order valence-electron chi connectivity index (χ0n) is 11.7. The molecule has 0 aromatic carbocycles. The first-order valence-corrected chi connectivity index (χ1v) is 6.68. The molecule has 0 spiro atoms. The molecule has 1 saturated heterocycles. The third kappa shape index (κ3) is 3.74. The highest BCUT2D eigenvalue weighted by Crippen LogP contribution is 2.17. The zero-order valence-corrected chi connectivity index (χ0v) is 11.7. The van der Waals surface area contributed by atoms with Gasteiger partial charge in [-0.15, -0.1) is 0 Å². The first kappa shape index (κ1) is 14.0. The Morgan fingerprint density at radius 2 is 1.89 bits per heavy atom. The van der Waals surface area contributed by atoms with Gasteiger partial charge in [-0.2, -0.15) is 15.0 Å². The van der Waals surface area contributed by atoms with E-state index in [1.54, 1.807) is 0 Å². The quantitative estimate of drug-likeness (QED) is 0.770. The molecule has 0 aliphatic carbocycles. The van der Waals surface area contributed by atoms with Crippen molar-refractivity contribution in [3.63, 3.8) is 0 Å². The molecule has 1 aromatic rings. The number of rotatable bonds is 4. The molecule has 7 nitrogen and oxygen atoms in total. The van der Waals surface area contributed by atoms with E-state index >= 15 is 0 Å². The molecule has 0 unspecified atom stereocenters. The Bertz CT molecular complexity index is 413. The second-order valence-electron chi connectivity index (χ2n) is 5.26. The number of likely N-dealkylation sites (tertiary alicyclic amines) is 1. The van der Waals surface area contributed by atoms with Gasteiger partial charge >= 0.3 is 0 Å². The monoisotopic (exact) mass is 265 g/mol. The average Bonchev–Trinajstić information content (AvgIpc) is 2.39. The minimum atomic E-state index is 0.283. The maximum Gasteiger partial charge on any atom is 0.229 e. The molecule has 7 heteroatoms. The molecule has 0 saturated carbocycles. The molecule has 0 radical (unpaired) electrons. The van der Waals surface area contributed by atoms with Crippen LogP contribution in [0.2, 0.25) is 0 Å². The van der Waals surface area contributed by atoms with Gasteiger partial charge in [0, 0.05) is 14.1 Å². The summed E-state index contributed by atoms with van der Waals surface area (Å²) in [6.45, 7) is 3.61. The summed E-state index contributed by atoms with van der Waals surface area (Å²) in [6.07, 6.45) is 2.30. The van der Waals surface area contributed by atoms with Crippen LogP contribution in [0, 0.1) is 5.92 Å². The lowest BCUT2D eigenvalue weighted by Crippen LogP contribution is -2.36. The standard InChI is InChI=1S/C12H23N7/c1-18(2)12-16-10(15-11(14)17-12)8-19-5-3-9(7-13)4-6-19/h9H,3-8,13H2,1-2H3,(H2,14,15,16,17). The first-order chi connectivity index (χ1) is 9.08. The third-order valence-electron chi connectivity index (χ3n) is 3.49. The molecule has 0 bridgehead atoms. The van der Waals surface area contributed by atoms with Crippen LogP contribution in [0.5, 0.6) is 0 Å². The Labute approximate surface area is 114 Å². The number of hydrogen-bond donors (Lipinski definition) is 2. The molecule has 106 valence electrons. The molecular formula is C12H23N7. The van der Waals surface area contributed by atoms with Crippen molar-refractivity contribution in [2.45, 2.75) is 19.4 Å². The predicted octanol–water partition coefficient (Wildman–Crippen LogP) is -0.309. The maximum absolute atomic E-state index is 5.72. The Kier molecular flexibility index (Phi) is 4.49. The number of anilines is 2. The third-order valence-corrected chi connectivity index (χ3v) is 3.49. The van der Waals surface area contributed by atoms with Crippen LogP contribution in [-0.4, -0.2) is 53.6 Å². The number of nitrogens with zero attached hydrogens (tertiary/aromatic N) is 5. The average molecular weight is 265 g/mol. The van der Waals surface area contributed by atoms with E-state index in [9.17, 15) is 0 Å².